The third kappa shape index (κ3) is 2.41. The molecule has 0 aromatic carbocycles. The molecule has 0 unspecified atom stereocenters. The van der Waals surface area contributed by atoms with Crippen LogP contribution in [0.25, 0.3) is 5.82 Å². The van der Waals surface area contributed by atoms with E-state index in [9.17, 15) is 14.9 Å². The van der Waals surface area contributed by atoms with E-state index in [0.717, 1.165) is 0 Å². The molecule has 8 nitrogen and oxygen atoms in total. The smallest absolute Gasteiger partial charge is 0.356 e. The third-order valence-corrected chi connectivity index (χ3v) is 2.39. The highest BCUT2D eigenvalue weighted by Gasteiger charge is 2.21. The Kier molecular flexibility index (Phi) is 3.23. The minimum atomic E-state index is -0.667. The first-order valence-corrected chi connectivity index (χ1v) is 5.29. The fourth-order valence-corrected chi connectivity index (χ4v) is 1.50. The van der Waals surface area contributed by atoms with Gasteiger partial charge in [-0.1, -0.05) is 0 Å². The van der Waals surface area contributed by atoms with E-state index < -0.39 is 10.9 Å². The maximum absolute atomic E-state index is 11.4. The summed E-state index contributed by atoms with van der Waals surface area (Å²) in [7, 11) is 1.21. The summed E-state index contributed by atoms with van der Waals surface area (Å²) in [5, 5.41) is 15.0. The molecule has 2 rings (SSSR count). The molecule has 19 heavy (non-hydrogen) atoms. The van der Waals surface area contributed by atoms with Crippen LogP contribution in [-0.2, 0) is 4.74 Å². The molecule has 0 radical (unpaired) electrons. The quantitative estimate of drug-likeness (QED) is 0.469. The first-order valence-electron chi connectivity index (χ1n) is 5.29. The third-order valence-electron chi connectivity index (χ3n) is 2.39. The molecule has 0 saturated carbocycles. The van der Waals surface area contributed by atoms with E-state index in [0.29, 0.717) is 5.69 Å². The Morgan fingerprint density at radius 3 is 2.68 bits per heavy atom. The van der Waals surface area contributed by atoms with Crippen molar-refractivity contribution < 1.29 is 14.5 Å². The Morgan fingerprint density at radius 2 is 2.16 bits per heavy atom. The number of methoxy groups -OCH3 is 1. The summed E-state index contributed by atoms with van der Waals surface area (Å²) in [5.74, 6) is -0.693. The zero-order chi connectivity index (χ0) is 14.0. The van der Waals surface area contributed by atoms with Gasteiger partial charge in [0.05, 0.1) is 17.7 Å². The molecular weight excluding hydrogens is 252 g/mol. The standard InChI is InChI=1S/C11H10N4O4/c1-7-5-6-14(13-7)10-9(15(17)18)4-3-8(12-10)11(16)19-2/h3-6H,1-2H3. The Balaban J connectivity index is 2.60. The number of aryl methyl sites for hydroxylation is 1. The SMILES string of the molecule is COC(=O)c1ccc([N+](=O)[O-])c(-n2ccc(C)n2)n1. The monoisotopic (exact) mass is 262 g/mol. The Labute approximate surface area is 107 Å². The molecule has 0 aliphatic rings. The van der Waals surface area contributed by atoms with Crippen molar-refractivity contribution in [2.75, 3.05) is 7.11 Å². The van der Waals surface area contributed by atoms with Crippen molar-refractivity contribution in [1.29, 1.82) is 0 Å². The van der Waals surface area contributed by atoms with Crippen molar-refractivity contribution in [3.63, 3.8) is 0 Å². The number of rotatable bonds is 3. The maximum atomic E-state index is 11.4. The summed E-state index contributed by atoms with van der Waals surface area (Å²) < 4.78 is 5.78. The van der Waals surface area contributed by atoms with E-state index in [4.69, 9.17) is 0 Å². The van der Waals surface area contributed by atoms with E-state index >= 15 is 0 Å². The number of aromatic nitrogens is 3. The van der Waals surface area contributed by atoms with Crippen LogP contribution in [0.15, 0.2) is 24.4 Å². The summed E-state index contributed by atoms with van der Waals surface area (Å²) in [6, 6.07) is 4.12. The minimum Gasteiger partial charge on any atom is -0.464 e. The van der Waals surface area contributed by atoms with Crippen molar-refractivity contribution in [2.24, 2.45) is 0 Å². The molecule has 2 aromatic rings. The second-order valence-corrected chi connectivity index (χ2v) is 3.69. The van der Waals surface area contributed by atoms with Gasteiger partial charge in [0.1, 0.15) is 0 Å². The van der Waals surface area contributed by atoms with Crippen molar-refractivity contribution in [1.82, 2.24) is 14.8 Å². The molecule has 0 spiro atoms. The topological polar surface area (TPSA) is 100 Å². The molecule has 0 saturated heterocycles. The lowest BCUT2D eigenvalue weighted by atomic mass is 10.3. The fraction of sp³-hybridized carbons (Fsp3) is 0.182. The van der Waals surface area contributed by atoms with Crippen LogP contribution in [0.2, 0.25) is 0 Å². The van der Waals surface area contributed by atoms with Gasteiger partial charge in [0.2, 0.25) is 5.82 Å². The summed E-state index contributed by atoms with van der Waals surface area (Å²) >= 11 is 0. The van der Waals surface area contributed by atoms with E-state index in [1.165, 1.54) is 30.1 Å². The minimum absolute atomic E-state index is 0.0174. The van der Waals surface area contributed by atoms with Gasteiger partial charge in [0.15, 0.2) is 5.69 Å². The second-order valence-electron chi connectivity index (χ2n) is 3.69. The van der Waals surface area contributed by atoms with Gasteiger partial charge in [-0.2, -0.15) is 5.10 Å². The van der Waals surface area contributed by atoms with Crippen LogP contribution in [0.1, 0.15) is 16.2 Å². The zero-order valence-corrected chi connectivity index (χ0v) is 10.2. The van der Waals surface area contributed by atoms with Crippen molar-refractivity contribution in [3.05, 3.63) is 45.9 Å². The van der Waals surface area contributed by atoms with Gasteiger partial charge >= 0.3 is 11.7 Å². The van der Waals surface area contributed by atoms with Crippen LogP contribution >= 0.6 is 0 Å². The first kappa shape index (κ1) is 12.7. The maximum Gasteiger partial charge on any atom is 0.356 e. The summed E-state index contributed by atoms with van der Waals surface area (Å²) in [6.07, 6.45) is 1.53. The Hall–Kier alpha value is -2.77. The highest BCUT2D eigenvalue weighted by Crippen LogP contribution is 2.21. The average molecular weight is 262 g/mol. The van der Waals surface area contributed by atoms with Gasteiger partial charge in [-0.3, -0.25) is 10.1 Å². The number of pyridine rings is 1. The van der Waals surface area contributed by atoms with Crippen LogP contribution in [0, 0.1) is 17.0 Å². The molecule has 0 amide bonds. The number of nitrogens with zero attached hydrogens (tertiary/aromatic N) is 4. The van der Waals surface area contributed by atoms with Crippen LogP contribution in [0.3, 0.4) is 0 Å². The molecule has 0 N–H and O–H groups in total. The summed E-state index contributed by atoms with van der Waals surface area (Å²) in [6.45, 7) is 1.74. The Morgan fingerprint density at radius 1 is 1.42 bits per heavy atom. The lowest BCUT2D eigenvalue weighted by Crippen LogP contribution is -2.10. The summed E-state index contributed by atoms with van der Waals surface area (Å²) in [4.78, 5) is 25.7. The predicted molar refractivity (Wildman–Crippen MR) is 64.1 cm³/mol. The van der Waals surface area contributed by atoms with E-state index in [1.807, 2.05) is 0 Å². The number of ether oxygens (including phenoxy) is 1. The number of esters is 1. The molecular formula is C11H10N4O4. The number of carbonyl (C=O) groups excluding carboxylic acids is 1. The van der Waals surface area contributed by atoms with Crippen molar-refractivity contribution in [2.45, 2.75) is 6.92 Å². The van der Waals surface area contributed by atoms with Crippen molar-refractivity contribution >= 4 is 11.7 Å². The number of hydrogen-bond donors (Lipinski definition) is 0. The van der Waals surface area contributed by atoms with Gasteiger partial charge in [-0.25, -0.2) is 14.5 Å². The average Bonchev–Trinajstić information content (AvgIpc) is 2.83. The molecule has 8 heteroatoms. The Bertz CT molecular complexity index is 650. The van der Waals surface area contributed by atoms with Gasteiger partial charge in [0, 0.05) is 12.3 Å². The predicted octanol–water partition coefficient (Wildman–Crippen LogP) is 1.27. The summed E-state index contributed by atoms with van der Waals surface area (Å²) in [5.41, 5.74) is 0.423. The van der Waals surface area contributed by atoms with Gasteiger partial charge in [-0.05, 0) is 19.1 Å². The molecule has 0 fully saturated rings. The fourth-order valence-electron chi connectivity index (χ4n) is 1.50. The van der Waals surface area contributed by atoms with Crippen molar-refractivity contribution in [3.8, 4) is 5.82 Å². The lowest BCUT2D eigenvalue weighted by molar-refractivity contribution is -0.384. The molecule has 0 aliphatic carbocycles. The molecule has 0 aliphatic heterocycles. The molecule has 0 atom stereocenters. The van der Waals surface area contributed by atoms with Gasteiger partial charge in [-0.15, -0.1) is 0 Å². The second kappa shape index (κ2) is 4.84. The van der Waals surface area contributed by atoms with Crippen LogP contribution in [0.5, 0.6) is 0 Å². The molecule has 2 aromatic heterocycles. The normalized spacial score (nSPS) is 10.2. The van der Waals surface area contributed by atoms with Gasteiger partial charge in [0.25, 0.3) is 0 Å². The van der Waals surface area contributed by atoms with E-state index in [1.54, 1.807) is 13.0 Å². The highest BCUT2D eigenvalue weighted by molar-refractivity contribution is 5.87. The lowest BCUT2D eigenvalue weighted by Gasteiger charge is -2.04. The molecule has 0 bridgehead atoms. The van der Waals surface area contributed by atoms with Crippen LogP contribution in [0.4, 0.5) is 5.69 Å². The van der Waals surface area contributed by atoms with Crippen LogP contribution in [-0.4, -0.2) is 32.8 Å². The van der Waals surface area contributed by atoms with E-state index in [-0.39, 0.29) is 17.2 Å². The number of hydrogen-bond acceptors (Lipinski definition) is 6. The molecule has 2 heterocycles. The molecule has 98 valence electrons. The highest BCUT2D eigenvalue weighted by atomic mass is 16.6. The van der Waals surface area contributed by atoms with Gasteiger partial charge < -0.3 is 4.74 Å². The number of nitro groups is 1. The van der Waals surface area contributed by atoms with E-state index in [2.05, 4.69) is 14.8 Å². The largest absolute Gasteiger partial charge is 0.464 e. The first-order chi connectivity index (χ1) is 9.02. The zero-order valence-electron chi connectivity index (χ0n) is 10.2. The number of carbonyl (C=O) groups is 1. The van der Waals surface area contributed by atoms with Crippen LogP contribution < -0.4 is 0 Å².